The Hall–Kier alpha value is 0.718. The van der Waals surface area contributed by atoms with Gasteiger partial charge in [0.25, 0.3) is 0 Å². The maximum atomic E-state index is 3.97. The Morgan fingerprint density at radius 2 is 1.33 bits per heavy atom. The van der Waals surface area contributed by atoms with Crippen molar-refractivity contribution in [3.05, 3.63) is 46.6 Å². The van der Waals surface area contributed by atoms with Crippen molar-refractivity contribution in [3.63, 3.8) is 0 Å². The Balaban J connectivity index is -0.00000182. The van der Waals surface area contributed by atoms with Crippen LogP contribution < -0.4 is 47.6 Å². The molecule has 1 aromatic rings. The zero-order chi connectivity index (χ0) is 20.1. The molecule has 0 nitrogen and oxygen atoms in total. The van der Waals surface area contributed by atoms with Gasteiger partial charge >= 0.3 is 21.7 Å². The fourth-order valence-electron chi connectivity index (χ4n) is 4.73. The molecule has 30 heavy (non-hydrogen) atoms. The first-order valence-corrected chi connectivity index (χ1v) is 16.4. The SMILES string of the molecule is CC1=[C-]C(C)([Si](C)(CC(C)C)c2cc(C)cc([Si](C)(C)C)c2)C(C)=C1C.[Cl-].[Cl-].[Cl-].[Ti+4]. The summed E-state index contributed by atoms with van der Waals surface area (Å²) in [7, 11) is -3.17. The summed E-state index contributed by atoms with van der Waals surface area (Å²) in [6.45, 7) is 26.5. The van der Waals surface area contributed by atoms with Gasteiger partial charge in [-0.25, -0.2) is 5.57 Å². The number of hydrogen-bond acceptors (Lipinski definition) is 0. The molecule has 0 saturated carbocycles. The third-order valence-electron chi connectivity index (χ3n) is 6.81. The first kappa shape index (κ1) is 35.3. The van der Waals surface area contributed by atoms with Crippen molar-refractivity contribution in [1.29, 1.82) is 0 Å². The number of benzene rings is 1. The van der Waals surface area contributed by atoms with E-state index < -0.39 is 16.1 Å². The standard InChI is InChI=1S/C24H39Si2.3ClH.Ti/c1-17(2)16-26(11,24(7)15-19(4)20(5)21(24)6)23-13-18(3)12-22(14-23)25(8,9)10;;;;/h12-14,17H,16H2,1-11H3;3*1H;/q-1;;;;+4/p-3. The van der Waals surface area contributed by atoms with E-state index in [4.69, 9.17) is 0 Å². The molecule has 0 bridgehead atoms. The first-order chi connectivity index (χ1) is 11.7. The second kappa shape index (κ2) is 12.3. The number of rotatable bonds is 5. The smallest absolute Gasteiger partial charge is 1.00 e. The molecule has 1 aliphatic carbocycles. The number of hydrogen-bond donors (Lipinski definition) is 0. The van der Waals surface area contributed by atoms with Gasteiger partial charge in [0.2, 0.25) is 0 Å². The van der Waals surface area contributed by atoms with E-state index in [-0.39, 0.29) is 64.0 Å². The van der Waals surface area contributed by atoms with E-state index in [2.05, 4.69) is 98.9 Å². The first-order valence-electron chi connectivity index (χ1n) is 10.1. The van der Waals surface area contributed by atoms with Crippen LogP contribution in [0.3, 0.4) is 0 Å². The third-order valence-corrected chi connectivity index (χ3v) is 14.7. The van der Waals surface area contributed by atoms with Crippen LogP contribution in [0.5, 0.6) is 0 Å². The summed E-state index contributed by atoms with van der Waals surface area (Å²) in [6, 6.07) is 8.84. The van der Waals surface area contributed by atoms with Crippen LogP contribution in [0.15, 0.2) is 34.9 Å². The van der Waals surface area contributed by atoms with Gasteiger partial charge in [0.05, 0.1) is 16.1 Å². The molecule has 1 aliphatic rings. The molecule has 0 amide bonds. The van der Waals surface area contributed by atoms with Crippen molar-refractivity contribution in [3.8, 4) is 0 Å². The number of aryl methyl sites for hydroxylation is 1. The van der Waals surface area contributed by atoms with Crippen LogP contribution in [0.4, 0.5) is 0 Å². The minimum absolute atomic E-state index is 0. The van der Waals surface area contributed by atoms with E-state index in [9.17, 15) is 0 Å². The van der Waals surface area contributed by atoms with Gasteiger partial charge in [0.15, 0.2) is 0 Å². The summed E-state index contributed by atoms with van der Waals surface area (Å²) < 4.78 is 0. The number of halogens is 3. The molecular formula is C24H39Cl3Si2Ti. The fraction of sp³-hybridized carbons (Fsp3) is 0.583. The van der Waals surface area contributed by atoms with Crippen molar-refractivity contribution in [2.45, 2.75) is 85.7 Å². The van der Waals surface area contributed by atoms with Crippen LogP contribution in [0.25, 0.3) is 0 Å². The molecule has 2 rings (SSSR count). The van der Waals surface area contributed by atoms with Gasteiger partial charge in [0, 0.05) is 0 Å². The van der Waals surface area contributed by atoms with Crippen molar-refractivity contribution >= 4 is 26.5 Å². The summed E-state index contributed by atoms with van der Waals surface area (Å²) in [5.74, 6) is 0.704. The molecule has 0 spiro atoms. The normalized spacial score (nSPS) is 20.3. The topological polar surface area (TPSA) is 0 Å². The minimum Gasteiger partial charge on any atom is -1.00 e. The molecule has 0 fully saturated rings. The Kier molecular flexibility index (Phi) is 14.4. The summed E-state index contributed by atoms with van der Waals surface area (Å²) in [5, 5.41) is 3.34. The summed E-state index contributed by atoms with van der Waals surface area (Å²) in [5.41, 5.74) is 5.82. The van der Waals surface area contributed by atoms with E-state index in [0.29, 0.717) is 5.92 Å². The molecule has 2 atom stereocenters. The average Bonchev–Trinajstić information content (AvgIpc) is 2.69. The summed E-state index contributed by atoms with van der Waals surface area (Å²) >= 11 is 0. The van der Waals surface area contributed by atoms with Crippen LogP contribution in [0.1, 0.15) is 47.1 Å². The molecule has 1 aromatic carbocycles. The zero-order valence-electron chi connectivity index (χ0n) is 20.7. The fourth-order valence-corrected chi connectivity index (χ4v) is 11.5. The number of allylic oxidation sites excluding steroid dienone is 4. The van der Waals surface area contributed by atoms with Crippen molar-refractivity contribution in [2.24, 2.45) is 5.92 Å². The maximum Gasteiger partial charge on any atom is 4.00 e. The summed E-state index contributed by atoms with van der Waals surface area (Å²) in [6.07, 6.45) is 3.97. The third kappa shape index (κ3) is 6.62. The van der Waals surface area contributed by atoms with Crippen molar-refractivity contribution in [2.75, 3.05) is 0 Å². The molecule has 0 aliphatic heterocycles. The molecule has 168 valence electrons. The van der Waals surface area contributed by atoms with E-state index in [1.807, 2.05) is 0 Å². The van der Waals surface area contributed by atoms with E-state index >= 15 is 0 Å². The Bertz CT molecular complexity index is 781. The van der Waals surface area contributed by atoms with Gasteiger partial charge in [-0.1, -0.05) is 106 Å². The van der Waals surface area contributed by atoms with Crippen LogP contribution >= 0.6 is 0 Å². The maximum absolute atomic E-state index is 3.97. The molecule has 0 N–H and O–H groups in total. The predicted octanol–water partition coefficient (Wildman–Crippen LogP) is -2.65. The van der Waals surface area contributed by atoms with Gasteiger partial charge < -0.3 is 37.2 Å². The second-order valence-electron chi connectivity index (χ2n) is 10.4. The Morgan fingerprint density at radius 3 is 1.70 bits per heavy atom. The van der Waals surface area contributed by atoms with E-state index in [1.165, 1.54) is 22.8 Å². The van der Waals surface area contributed by atoms with Gasteiger partial charge in [0.1, 0.15) is 0 Å². The average molecular weight is 538 g/mol. The van der Waals surface area contributed by atoms with Crippen LogP contribution in [0, 0.1) is 18.9 Å². The van der Waals surface area contributed by atoms with Crippen LogP contribution in [0.2, 0.25) is 37.3 Å². The monoisotopic (exact) mass is 536 g/mol. The molecule has 6 heteroatoms. The second-order valence-corrected chi connectivity index (χ2v) is 20.1. The molecule has 2 unspecified atom stereocenters. The molecule has 0 radical (unpaired) electrons. The van der Waals surface area contributed by atoms with E-state index in [1.54, 1.807) is 15.9 Å². The van der Waals surface area contributed by atoms with Gasteiger partial charge in [-0.3, -0.25) is 6.08 Å². The molecular weight excluding hydrogens is 499 g/mol. The predicted molar refractivity (Wildman–Crippen MR) is 124 cm³/mol. The van der Waals surface area contributed by atoms with Gasteiger partial charge in [-0.05, 0) is 12.8 Å². The van der Waals surface area contributed by atoms with Gasteiger partial charge in [-0.15, -0.1) is 6.92 Å². The van der Waals surface area contributed by atoms with Crippen LogP contribution in [-0.2, 0) is 21.7 Å². The van der Waals surface area contributed by atoms with Gasteiger partial charge in [-0.2, -0.15) is 11.1 Å². The van der Waals surface area contributed by atoms with Crippen LogP contribution in [-0.4, -0.2) is 16.1 Å². The Labute approximate surface area is 222 Å². The molecule has 0 heterocycles. The molecule has 0 saturated heterocycles. The van der Waals surface area contributed by atoms with Crippen molar-refractivity contribution in [1.82, 2.24) is 0 Å². The largest absolute Gasteiger partial charge is 4.00 e. The van der Waals surface area contributed by atoms with Crippen molar-refractivity contribution < 1.29 is 58.9 Å². The minimum atomic E-state index is -1.84. The quantitative estimate of drug-likeness (QED) is 0.285. The summed E-state index contributed by atoms with van der Waals surface area (Å²) in [4.78, 5) is 0. The van der Waals surface area contributed by atoms with E-state index in [0.717, 1.165) is 0 Å². The molecule has 0 aromatic heterocycles. The Morgan fingerprint density at radius 1 is 0.867 bits per heavy atom. The zero-order valence-corrected chi connectivity index (χ0v) is 26.5.